The molecule has 2 N–H and O–H groups in total. The Bertz CT molecular complexity index is 637. The topological polar surface area (TPSA) is 35.2 Å². The standard InChI is InChI=1S/C19H23NO/c1-3-21-18-11-7-6-10-17(18)19(20)13-12-14(2)15-8-4-5-9-16(15)19/h4-11,14H,3,12-13,20H2,1-2H3. The summed E-state index contributed by atoms with van der Waals surface area (Å²) in [6.45, 7) is 4.95. The number of hydrogen-bond acceptors (Lipinski definition) is 2. The van der Waals surface area contributed by atoms with E-state index in [1.54, 1.807) is 0 Å². The highest BCUT2D eigenvalue weighted by Crippen LogP contribution is 2.45. The molecule has 0 radical (unpaired) electrons. The van der Waals surface area contributed by atoms with Crippen molar-refractivity contribution in [2.45, 2.75) is 38.1 Å². The molecule has 2 aromatic rings. The Hall–Kier alpha value is -1.80. The maximum absolute atomic E-state index is 6.91. The van der Waals surface area contributed by atoms with Crippen molar-refractivity contribution in [3.05, 3.63) is 65.2 Å². The Kier molecular flexibility index (Phi) is 3.73. The van der Waals surface area contributed by atoms with Crippen LogP contribution in [0.5, 0.6) is 5.75 Å². The molecule has 0 aliphatic heterocycles. The molecule has 2 heteroatoms. The second-order valence-corrected chi connectivity index (χ2v) is 5.93. The number of hydrogen-bond donors (Lipinski definition) is 1. The lowest BCUT2D eigenvalue weighted by atomic mass is 9.69. The van der Waals surface area contributed by atoms with Crippen LogP contribution in [0.1, 0.15) is 49.3 Å². The van der Waals surface area contributed by atoms with Crippen LogP contribution in [-0.2, 0) is 5.54 Å². The highest BCUT2D eigenvalue weighted by Gasteiger charge is 2.38. The van der Waals surface area contributed by atoms with E-state index in [-0.39, 0.29) is 0 Å². The molecule has 0 saturated heterocycles. The van der Waals surface area contributed by atoms with Crippen molar-refractivity contribution in [2.75, 3.05) is 6.61 Å². The molecule has 3 rings (SSSR count). The number of benzene rings is 2. The van der Waals surface area contributed by atoms with Crippen LogP contribution in [0.15, 0.2) is 48.5 Å². The third kappa shape index (κ3) is 2.34. The van der Waals surface area contributed by atoms with Crippen LogP contribution in [0.3, 0.4) is 0 Å². The molecule has 2 nitrogen and oxygen atoms in total. The largest absolute Gasteiger partial charge is 0.494 e. The van der Waals surface area contributed by atoms with Gasteiger partial charge in [-0.2, -0.15) is 0 Å². The zero-order valence-electron chi connectivity index (χ0n) is 12.8. The molecule has 2 aromatic carbocycles. The van der Waals surface area contributed by atoms with Crippen LogP contribution in [0.4, 0.5) is 0 Å². The van der Waals surface area contributed by atoms with Crippen molar-refractivity contribution >= 4 is 0 Å². The zero-order valence-corrected chi connectivity index (χ0v) is 12.8. The summed E-state index contributed by atoms with van der Waals surface area (Å²) in [6.07, 6.45) is 2.06. The van der Waals surface area contributed by atoms with Gasteiger partial charge in [0.2, 0.25) is 0 Å². The van der Waals surface area contributed by atoms with Gasteiger partial charge < -0.3 is 10.5 Å². The predicted molar refractivity (Wildman–Crippen MR) is 86.7 cm³/mol. The third-order valence-electron chi connectivity index (χ3n) is 4.61. The second kappa shape index (κ2) is 5.53. The van der Waals surface area contributed by atoms with Gasteiger partial charge in [0, 0.05) is 5.56 Å². The van der Waals surface area contributed by atoms with Crippen LogP contribution in [-0.4, -0.2) is 6.61 Å². The average molecular weight is 281 g/mol. The number of ether oxygens (including phenoxy) is 1. The van der Waals surface area contributed by atoms with Crippen molar-refractivity contribution in [2.24, 2.45) is 5.73 Å². The molecule has 0 spiro atoms. The monoisotopic (exact) mass is 281 g/mol. The van der Waals surface area contributed by atoms with E-state index in [9.17, 15) is 0 Å². The molecule has 1 aliphatic rings. The molecule has 0 saturated carbocycles. The minimum atomic E-state index is -0.450. The summed E-state index contributed by atoms with van der Waals surface area (Å²) in [7, 11) is 0. The highest BCUT2D eigenvalue weighted by atomic mass is 16.5. The van der Waals surface area contributed by atoms with Crippen molar-refractivity contribution in [3.8, 4) is 5.75 Å². The van der Waals surface area contributed by atoms with Crippen LogP contribution in [0.25, 0.3) is 0 Å². The lowest BCUT2D eigenvalue weighted by Gasteiger charge is -2.39. The van der Waals surface area contributed by atoms with E-state index in [2.05, 4.69) is 37.3 Å². The summed E-state index contributed by atoms with van der Waals surface area (Å²) in [5.74, 6) is 1.48. The van der Waals surface area contributed by atoms with Gasteiger partial charge in [-0.25, -0.2) is 0 Å². The Morgan fingerprint density at radius 2 is 1.76 bits per heavy atom. The van der Waals surface area contributed by atoms with Gasteiger partial charge >= 0.3 is 0 Å². The summed E-state index contributed by atoms with van der Waals surface area (Å²) < 4.78 is 5.82. The van der Waals surface area contributed by atoms with Gasteiger partial charge in [0.05, 0.1) is 12.1 Å². The summed E-state index contributed by atoms with van der Waals surface area (Å²) in [5.41, 5.74) is 10.2. The summed E-state index contributed by atoms with van der Waals surface area (Å²) in [4.78, 5) is 0. The molecule has 110 valence electrons. The Balaban J connectivity index is 2.16. The minimum Gasteiger partial charge on any atom is -0.494 e. The van der Waals surface area contributed by atoms with Crippen molar-refractivity contribution in [3.63, 3.8) is 0 Å². The fourth-order valence-corrected chi connectivity index (χ4v) is 3.46. The molecule has 0 heterocycles. The first-order chi connectivity index (χ1) is 10.2. The van der Waals surface area contributed by atoms with Gasteiger partial charge in [0.25, 0.3) is 0 Å². The van der Waals surface area contributed by atoms with Crippen LogP contribution >= 0.6 is 0 Å². The molecular formula is C19H23NO. The molecule has 21 heavy (non-hydrogen) atoms. The lowest BCUT2D eigenvalue weighted by molar-refractivity contribution is 0.320. The van der Waals surface area contributed by atoms with Crippen molar-refractivity contribution < 1.29 is 4.74 Å². The maximum Gasteiger partial charge on any atom is 0.124 e. The van der Waals surface area contributed by atoms with Crippen LogP contribution in [0, 0.1) is 0 Å². The average Bonchev–Trinajstić information content (AvgIpc) is 2.52. The number of nitrogens with two attached hydrogens (primary N) is 1. The molecule has 1 aliphatic carbocycles. The quantitative estimate of drug-likeness (QED) is 0.915. The van der Waals surface area contributed by atoms with E-state index in [1.807, 2.05) is 25.1 Å². The van der Waals surface area contributed by atoms with Gasteiger partial charge in [0.1, 0.15) is 5.75 Å². The Labute approximate surface area is 126 Å². The molecular weight excluding hydrogens is 258 g/mol. The van der Waals surface area contributed by atoms with E-state index >= 15 is 0 Å². The number of fused-ring (bicyclic) bond motifs is 1. The summed E-state index contributed by atoms with van der Waals surface area (Å²) in [6, 6.07) is 16.8. The molecule has 2 atom stereocenters. The van der Waals surface area contributed by atoms with Crippen LogP contribution in [0.2, 0.25) is 0 Å². The van der Waals surface area contributed by atoms with E-state index in [1.165, 1.54) is 11.1 Å². The van der Waals surface area contributed by atoms with Gasteiger partial charge in [-0.15, -0.1) is 0 Å². The first-order valence-electron chi connectivity index (χ1n) is 7.77. The number of para-hydroxylation sites is 1. The Morgan fingerprint density at radius 3 is 2.52 bits per heavy atom. The molecule has 2 unspecified atom stereocenters. The smallest absolute Gasteiger partial charge is 0.124 e. The molecule has 0 aromatic heterocycles. The fourth-order valence-electron chi connectivity index (χ4n) is 3.46. The highest BCUT2D eigenvalue weighted by molar-refractivity contribution is 5.50. The van der Waals surface area contributed by atoms with Crippen LogP contribution < -0.4 is 10.5 Å². The normalized spacial score (nSPS) is 24.4. The maximum atomic E-state index is 6.91. The minimum absolute atomic E-state index is 0.450. The van der Waals surface area contributed by atoms with Crippen molar-refractivity contribution in [1.82, 2.24) is 0 Å². The second-order valence-electron chi connectivity index (χ2n) is 5.93. The van der Waals surface area contributed by atoms with Gasteiger partial charge in [0.15, 0.2) is 0 Å². The summed E-state index contributed by atoms with van der Waals surface area (Å²) in [5, 5.41) is 0. The molecule has 0 bridgehead atoms. The van der Waals surface area contributed by atoms with Gasteiger partial charge in [-0.1, -0.05) is 49.4 Å². The zero-order chi connectivity index (χ0) is 14.9. The number of rotatable bonds is 3. The van der Waals surface area contributed by atoms with E-state index in [4.69, 9.17) is 10.5 Å². The van der Waals surface area contributed by atoms with E-state index in [0.29, 0.717) is 12.5 Å². The molecule has 0 fully saturated rings. The lowest BCUT2D eigenvalue weighted by Crippen LogP contribution is -2.42. The van der Waals surface area contributed by atoms with E-state index in [0.717, 1.165) is 24.2 Å². The van der Waals surface area contributed by atoms with Crippen molar-refractivity contribution in [1.29, 1.82) is 0 Å². The van der Waals surface area contributed by atoms with Gasteiger partial charge in [-0.05, 0) is 42.9 Å². The first kappa shape index (κ1) is 14.2. The molecule has 0 amide bonds. The third-order valence-corrected chi connectivity index (χ3v) is 4.61. The Morgan fingerprint density at radius 1 is 1.10 bits per heavy atom. The SMILES string of the molecule is CCOc1ccccc1C1(N)CCC(C)c2ccccc21. The fraction of sp³-hybridized carbons (Fsp3) is 0.368. The van der Waals surface area contributed by atoms with E-state index < -0.39 is 5.54 Å². The van der Waals surface area contributed by atoms with Gasteiger partial charge in [-0.3, -0.25) is 0 Å². The summed E-state index contributed by atoms with van der Waals surface area (Å²) >= 11 is 0. The predicted octanol–water partition coefficient (Wildman–Crippen LogP) is 4.18. The first-order valence-corrected chi connectivity index (χ1v) is 7.77.